The van der Waals surface area contributed by atoms with Crippen LogP contribution in [0.5, 0.6) is 0 Å². The number of nitrogens with zero attached hydrogens (tertiary/aromatic N) is 2. The van der Waals surface area contributed by atoms with Gasteiger partial charge in [-0.15, -0.1) is 0 Å². The predicted octanol–water partition coefficient (Wildman–Crippen LogP) is 10.3. The molecule has 0 amide bonds. The zero-order chi connectivity index (χ0) is 36.3. The molecule has 8 aromatic carbocycles. The molecule has 0 fully saturated rings. The number of aromatic nitrogens is 1. The standard InChI is InChI=1S/C51H40N2Si/c1-51(2)45-28-13-16-31-49(45)53(50-32-17-14-29-46(50)51)38-33-34-48-44(36-38)43-27-12-15-30-47(43)52(48)37-19-18-26-42(35-37)54(39-20-6-3-7-21-39,40-22-8-4-9-23-40)41-24-10-5-11-25-41/h3-36H,1-2H3. The molecule has 0 unspecified atom stereocenters. The molecule has 9 aromatic rings. The summed E-state index contributed by atoms with van der Waals surface area (Å²) in [6.45, 7) is 4.69. The molecule has 54 heavy (non-hydrogen) atoms. The van der Waals surface area contributed by atoms with E-state index in [1.165, 1.54) is 76.4 Å². The van der Waals surface area contributed by atoms with Crippen molar-refractivity contribution in [1.29, 1.82) is 0 Å². The van der Waals surface area contributed by atoms with Crippen LogP contribution in [-0.4, -0.2) is 12.6 Å². The van der Waals surface area contributed by atoms with Crippen LogP contribution in [0.15, 0.2) is 206 Å². The lowest BCUT2D eigenvalue weighted by Crippen LogP contribution is -2.74. The normalized spacial score (nSPS) is 13.5. The fraction of sp³-hybridized carbons (Fsp3) is 0.0588. The van der Waals surface area contributed by atoms with Gasteiger partial charge in [0, 0.05) is 27.6 Å². The molecule has 0 saturated carbocycles. The number of para-hydroxylation sites is 3. The third-order valence-corrected chi connectivity index (χ3v) is 16.5. The van der Waals surface area contributed by atoms with Gasteiger partial charge in [-0.1, -0.05) is 172 Å². The van der Waals surface area contributed by atoms with E-state index in [-0.39, 0.29) is 5.41 Å². The number of benzene rings is 8. The summed E-state index contributed by atoms with van der Waals surface area (Å²) in [6.07, 6.45) is 0. The highest BCUT2D eigenvalue weighted by atomic mass is 28.3. The summed E-state index contributed by atoms with van der Waals surface area (Å²) >= 11 is 0. The van der Waals surface area contributed by atoms with Crippen molar-refractivity contribution in [3.63, 3.8) is 0 Å². The lowest BCUT2D eigenvalue weighted by molar-refractivity contribution is 0.632. The monoisotopic (exact) mass is 708 g/mol. The molecule has 0 radical (unpaired) electrons. The van der Waals surface area contributed by atoms with Crippen molar-refractivity contribution < 1.29 is 0 Å². The molecule has 2 nitrogen and oxygen atoms in total. The van der Waals surface area contributed by atoms with E-state index in [1.807, 2.05) is 0 Å². The molecule has 2 heterocycles. The number of fused-ring (bicyclic) bond motifs is 5. The molecular formula is C51H40N2Si. The number of anilines is 3. The van der Waals surface area contributed by atoms with Gasteiger partial charge in [-0.2, -0.15) is 0 Å². The van der Waals surface area contributed by atoms with E-state index in [0.29, 0.717) is 0 Å². The highest BCUT2D eigenvalue weighted by Crippen LogP contribution is 2.52. The van der Waals surface area contributed by atoms with E-state index in [9.17, 15) is 0 Å². The van der Waals surface area contributed by atoms with Crippen LogP contribution in [0.4, 0.5) is 17.1 Å². The van der Waals surface area contributed by atoms with Gasteiger partial charge < -0.3 is 9.47 Å². The van der Waals surface area contributed by atoms with Crippen molar-refractivity contribution in [3.8, 4) is 5.69 Å². The Bertz CT molecular complexity index is 2660. The molecule has 0 atom stereocenters. The minimum atomic E-state index is -2.71. The van der Waals surface area contributed by atoms with Crippen molar-refractivity contribution >= 4 is 67.7 Å². The average Bonchev–Trinajstić information content (AvgIpc) is 3.56. The van der Waals surface area contributed by atoms with Gasteiger partial charge in [0.2, 0.25) is 0 Å². The van der Waals surface area contributed by atoms with Gasteiger partial charge in [-0.05, 0) is 80.4 Å². The van der Waals surface area contributed by atoms with Crippen molar-refractivity contribution in [3.05, 3.63) is 217 Å². The van der Waals surface area contributed by atoms with Gasteiger partial charge in [0.1, 0.15) is 0 Å². The highest BCUT2D eigenvalue weighted by molar-refractivity contribution is 7.19. The Morgan fingerprint density at radius 2 is 0.852 bits per heavy atom. The summed E-state index contributed by atoms with van der Waals surface area (Å²) < 4.78 is 2.47. The number of hydrogen-bond donors (Lipinski definition) is 0. The Labute approximate surface area is 318 Å². The van der Waals surface area contributed by atoms with Crippen LogP contribution in [0.25, 0.3) is 27.5 Å². The van der Waals surface area contributed by atoms with Gasteiger partial charge in [0.25, 0.3) is 0 Å². The molecular weight excluding hydrogens is 669 g/mol. The van der Waals surface area contributed by atoms with Crippen molar-refractivity contribution in [1.82, 2.24) is 4.57 Å². The summed E-state index contributed by atoms with van der Waals surface area (Å²) in [7, 11) is -2.71. The Kier molecular flexibility index (Phi) is 7.53. The quantitative estimate of drug-likeness (QED) is 0.123. The van der Waals surface area contributed by atoms with Crippen molar-refractivity contribution in [2.24, 2.45) is 0 Å². The van der Waals surface area contributed by atoms with E-state index in [0.717, 1.165) is 0 Å². The number of hydrogen-bond acceptors (Lipinski definition) is 1. The molecule has 0 N–H and O–H groups in total. The summed E-state index contributed by atoms with van der Waals surface area (Å²) in [5.74, 6) is 0. The average molecular weight is 709 g/mol. The molecule has 0 spiro atoms. The van der Waals surface area contributed by atoms with Crippen LogP contribution in [0.2, 0.25) is 0 Å². The molecule has 1 aliphatic rings. The van der Waals surface area contributed by atoms with Crippen LogP contribution < -0.4 is 25.6 Å². The maximum atomic E-state index is 2.47. The fourth-order valence-corrected chi connectivity index (χ4v) is 14.1. The van der Waals surface area contributed by atoms with E-state index in [1.54, 1.807) is 0 Å². The van der Waals surface area contributed by atoms with Crippen molar-refractivity contribution in [2.45, 2.75) is 19.3 Å². The van der Waals surface area contributed by atoms with E-state index < -0.39 is 8.07 Å². The van der Waals surface area contributed by atoms with Gasteiger partial charge in [0.05, 0.1) is 22.4 Å². The Hall–Kier alpha value is -6.42. The lowest BCUT2D eigenvalue weighted by atomic mass is 9.73. The molecule has 0 bridgehead atoms. The fourth-order valence-electron chi connectivity index (χ4n) is 9.27. The van der Waals surface area contributed by atoms with Gasteiger partial charge in [0.15, 0.2) is 8.07 Å². The largest absolute Gasteiger partial charge is 0.310 e. The van der Waals surface area contributed by atoms with E-state index in [4.69, 9.17) is 0 Å². The summed E-state index contributed by atoms with van der Waals surface area (Å²) in [6, 6.07) is 76.6. The second-order valence-corrected chi connectivity index (χ2v) is 18.8. The molecule has 1 aromatic heterocycles. The topological polar surface area (TPSA) is 8.17 Å². The van der Waals surface area contributed by atoms with Crippen LogP contribution in [0.3, 0.4) is 0 Å². The molecule has 10 rings (SSSR count). The highest BCUT2D eigenvalue weighted by Gasteiger charge is 2.41. The SMILES string of the molecule is CC1(C)c2ccccc2N(c2ccc3c(c2)c2ccccc2n3-c2cccc([Si](c3ccccc3)(c3ccccc3)c3ccccc3)c2)c2ccccc21. The van der Waals surface area contributed by atoms with Crippen LogP contribution in [0.1, 0.15) is 25.0 Å². The molecule has 1 aliphatic heterocycles. The zero-order valence-corrected chi connectivity index (χ0v) is 31.5. The molecule has 3 heteroatoms. The van der Waals surface area contributed by atoms with Gasteiger partial charge in [-0.3, -0.25) is 0 Å². The van der Waals surface area contributed by atoms with Crippen LogP contribution in [-0.2, 0) is 5.41 Å². The molecule has 0 aliphatic carbocycles. The second kappa shape index (κ2) is 12.6. The molecule has 0 saturated heterocycles. The van der Waals surface area contributed by atoms with Gasteiger partial charge in [-0.25, -0.2) is 0 Å². The predicted molar refractivity (Wildman–Crippen MR) is 231 cm³/mol. The minimum Gasteiger partial charge on any atom is -0.310 e. The third kappa shape index (κ3) is 4.78. The first-order valence-corrected chi connectivity index (χ1v) is 20.9. The Morgan fingerprint density at radius 1 is 0.370 bits per heavy atom. The number of rotatable bonds is 6. The summed E-state index contributed by atoms with van der Waals surface area (Å²) in [4.78, 5) is 2.46. The second-order valence-electron chi connectivity index (χ2n) is 14.9. The van der Waals surface area contributed by atoms with E-state index >= 15 is 0 Å². The summed E-state index contributed by atoms with van der Waals surface area (Å²) in [5.41, 5.74) is 9.78. The zero-order valence-electron chi connectivity index (χ0n) is 30.5. The van der Waals surface area contributed by atoms with Crippen LogP contribution in [0, 0.1) is 0 Å². The lowest BCUT2D eigenvalue weighted by Gasteiger charge is -2.42. The van der Waals surface area contributed by atoms with E-state index in [2.05, 4.69) is 230 Å². The van der Waals surface area contributed by atoms with Gasteiger partial charge >= 0.3 is 0 Å². The van der Waals surface area contributed by atoms with Crippen LogP contribution >= 0.6 is 0 Å². The third-order valence-electron chi connectivity index (χ3n) is 11.7. The van der Waals surface area contributed by atoms with Crippen molar-refractivity contribution in [2.75, 3.05) is 4.90 Å². The first kappa shape index (κ1) is 32.2. The Balaban J connectivity index is 1.21. The first-order chi connectivity index (χ1) is 26.6. The maximum Gasteiger partial charge on any atom is 0.179 e. The minimum absolute atomic E-state index is 0.105. The first-order valence-electron chi connectivity index (χ1n) is 18.9. The Morgan fingerprint density at radius 3 is 1.44 bits per heavy atom. The smallest absolute Gasteiger partial charge is 0.179 e. The maximum absolute atomic E-state index is 2.71. The summed E-state index contributed by atoms with van der Waals surface area (Å²) in [5, 5.41) is 7.96. The molecule has 258 valence electrons.